The van der Waals surface area contributed by atoms with E-state index in [0.29, 0.717) is 35.2 Å². The van der Waals surface area contributed by atoms with Gasteiger partial charge in [0.1, 0.15) is 11.2 Å². The minimum absolute atomic E-state index is 0.0269. The van der Waals surface area contributed by atoms with Gasteiger partial charge in [0.05, 0.1) is 30.2 Å². The van der Waals surface area contributed by atoms with Crippen molar-refractivity contribution in [2.75, 3.05) is 5.32 Å². The summed E-state index contributed by atoms with van der Waals surface area (Å²) in [5.41, 5.74) is 0.509. The molecule has 2 fully saturated rings. The van der Waals surface area contributed by atoms with Gasteiger partial charge in [0.25, 0.3) is 5.91 Å². The molecule has 1 saturated heterocycles. The summed E-state index contributed by atoms with van der Waals surface area (Å²) in [5.74, 6) is -0.572. The Morgan fingerprint density at radius 3 is 2.85 bits per heavy atom. The maximum atomic E-state index is 13.1. The van der Waals surface area contributed by atoms with Crippen molar-refractivity contribution in [3.8, 4) is 11.1 Å². The minimum Gasteiger partial charge on any atom is -0.390 e. The lowest BCUT2D eigenvalue weighted by atomic mass is 9.84. The van der Waals surface area contributed by atoms with Gasteiger partial charge < -0.3 is 25.3 Å². The Bertz CT molecular complexity index is 1230. The number of aliphatic hydroxyl groups excluding tert-OH is 1. The van der Waals surface area contributed by atoms with Crippen LogP contribution in [0.4, 0.5) is 5.69 Å². The molecule has 3 aromatic rings. The number of aromatic nitrogens is 2. The molecule has 4 atom stereocenters. The van der Waals surface area contributed by atoms with Gasteiger partial charge in [0, 0.05) is 36.1 Å². The number of carbonyl (C=O) groups excluding carboxylic acids is 1. The number of benzene rings is 1. The van der Waals surface area contributed by atoms with E-state index in [1.807, 2.05) is 18.2 Å². The van der Waals surface area contributed by atoms with Crippen LogP contribution in [-0.4, -0.2) is 43.9 Å². The molecule has 1 aliphatic carbocycles. The zero-order valence-electron chi connectivity index (χ0n) is 17.9. The fourth-order valence-electron chi connectivity index (χ4n) is 4.87. The van der Waals surface area contributed by atoms with Crippen molar-refractivity contribution in [2.45, 2.75) is 49.6 Å². The second kappa shape index (κ2) is 8.55. The molecule has 1 aromatic carbocycles. The molecule has 1 aliphatic heterocycles. The molecule has 2 aliphatic rings. The summed E-state index contributed by atoms with van der Waals surface area (Å²) in [5, 5.41) is 24.2. The summed E-state index contributed by atoms with van der Waals surface area (Å²) in [4.78, 5) is 33.1. The van der Waals surface area contributed by atoms with Crippen LogP contribution in [0.3, 0.4) is 0 Å². The quantitative estimate of drug-likeness (QED) is 0.488. The van der Waals surface area contributed by atoms with Gasteiger partial charge in [-0.15, -0.1) is 0 Å². The number of rotatable bonds is 4. The molecule has 0 bridgehead atoms. The summed E-state index contributed by atoms with van der Waals surface area (Å²) in [6.45, 7) is 0. The van der Waals surface area contributed by atoms with Gasteiger partial charge in [-0.05, 0) is 30.9 Å². The van der Waals surface area contributed by atoms with Gasteiger partial charge in [-0.2, -0.15) is 0 Å². The standard InChI is InChI=1S/C25H25N3O5/c29-21-11-20(33-22-7-4-9-25(21,22)32)16-8-10-26-14-19(16)28-24(31)18-13-27-12-17(23(18)30)15-5-2-1-3-6-15/h1-3,5-6,8,10,12-14,20-22,29,32H,4,7,9,11H2,(H,27,30)(H,28,31)/t20-,21-,22-,25+/m1/s1. The predicted molar refractivity (Wildman–Crippen MR) is 122 cm³/mol. The number of hydrogen-bond donors (Lipinski definition) is 4. The van der Waals surface area contributed by atoms with E-state index >= 15 is 0 Å². The normalized spacial score (nSPS) is 26.5. The van der Waals surface area contributed by atoms with Crippen LogP contribution in [0.15, 0.2) is 66.0 Å². The lowest BCUT2D eigenvalue weighted by Crippen LogP contribution is -2.54. The molecule has 1 saturated carbocycles. The largest absolute Gasteiger partial charge is 0.390 e. The van der Waals surface area contributed by atoms with Crippen molar-refractivity contribution in [3.05, 3.63) is 82.5 Å². The molecule has 3 heterocycles. The van der Waals surface area contributed by atoms with E-state index in [1.165, 1.54) is 12.4 Å². The van der Waals surface area contributed by atoms with Crippen molar-refractivity contribution < 1.29 is 19.7 Å². The number of nitrogens with zero attached hydrogens (tertiary/aromatic N) is 1. The predicted octanol–water partition coefficient (Wildman–Crippen LogP) is 2.80. The molecule has 5 rings (SSSR count). The average Bonchev–Trinajstić information content (AvgIpc) is 3.22. The molecule has 8 heteroatoms. The molecule has 8 nitrogen and oxygen atoms in total. The molecule has 170 valence electrons. The van der Waals surface area contributed by atoms with Gasteiger partial charge in [0.15, 0.2) is 0 Å². The van der Waals surface area contributed by atoms with Crippen LogP contribution >= 0.6 is 0 Å². The third-order valence-electron chi connectivity index (χ3n) is 6.67. The van der Waals surface area contributed by atoms with E-state index in [2.05, 4.69) is 15.3 Å². The molecular weight excluding hydrogens is 422 g/mol. The second-order valence-corrected chi connectivity index (χ2v) is 8.64. The SMILES string of the molecule is O=C(Nc1cnccc1[C@H]1C[C@@H](O)[C@@]2(O)CCC[C@H]2O1)c1c[nH]cc(-c2ccccc2)c1=O. The minimum atomic E-state index is -1.22. The Kier molecular flexibility index (Phi) is 5.57. The third-order valence-corrected chi connectivity index (χ3v) is 6.67. The number of aromatic amines is 1. The fraction of sp³-hybridized carbons (Fsp3) is 0.320. The van der Waals surface area contributed by atoms with E-state index in [-0.39, 0.29) is 17.4 Å². The molecule has 2 aromatic heterocycles. The average molecular weight is 447 g/mol. The first-order valence-corrected chi connectivity index (χ1v) is 11.0. The van der Waals surface area contributed by atoms with E-state index < -0.39 is 29.8 Å². The molecule has 0 spiro atoms. The molecular formula is C25H25N3O5. The Balaban J connectivity index is 1.42. The van der Waals surface area contributed by atoms with Crippen LogP contribution in [0.5, 0.6) is 0 Å². The second-order valence-electron chi connectivity index (χ2n) is 8.64. The van der Waals surface area contributed by atoms with Crippen molar-refractivity contribution in [3.63, 3.8) is 0 Å². The highest BCUT2D eigenvalue weighted by molar-refractivity contribution is 6.05. The summed E-state index contributed by atoms with van der Waals surface area (Å²) in [7, 11) is 0. The smallest absolute Gasteiger partial charge is 0.261 e. The molecule has 0 radical (unpaired) electrons. The van der Waals surface area contributed by atoms with Gasteiger partial charge >= 0.3 is 0 Å². The highest BCUT2D eigenvalue weighted by atomic mass is 16.5. The first-order chi connectivity index (χ1) is 16.0. The summed E-state index contributed by atoms with van der Waals surface area (Å²) in [6.07, 6.45) is 6.27. The lowest BCUT2D eigenvalue weighted by molar-refractivity contribution is -0.215. The van der Waals surface area contributed by atoms with E-state index in [9.17, 15) is 19.8 Å². The van der Waals surface area contributed by atoms with E-state index in [0.717, 1.165) is 6.42 Å². The first kappa shape index (κ1) is 21.5. The van der Waals surface area contributed by atoms with Crippen LogP contribution in [0.25, 0.3) is 11.1 Å². The number of hydrogen-bond acceptors (Lipinski definition) is 6. The summed E-state index contributed by atoms with van der Waals surface area (Å²) >= 11 is 0. The van der Waals surface area contributed by atoms with Crippen LogP contribution in [-0.2, 0) is 4.74 Å². The number of aliphatic hydroxyl groups is 2. The number of H-pyrrole nitrogens is 1. The van der Waals surface area contributed by atoms with Crippen LogP contribution in [0.1, 0.15) is 47.7 Å². The van der Waals surface area contributed by atoms with Crippen LogP contribution < -0.4 is 10.7 Å². The van der Waals surface area contributed by atoms with Crippen molar-refractivity contribution in [1.29, 1.82) is 0 Å². The molecule has 4 N–H and O–H groups in total. The molecule has 33 heavy (non-hydrogen) atoms. The van der Waals surface area contributed by atoms with Gasteiger partial charge in [-0.25, -0.2) is 0 Å². The number of pyridine rings is 2. The number of ether oxygens (including phenoxy) is 1. The highest BCUT2D eigenvalue weighted by Gasteiger charge is 2.52. The zero-order chi connectivity index (χ0) is 23.0. The summed E-state index contributed by atoms with van der Waals surface area (Å²) in [6, 6.07) is 10.8. The zero-order valence-corrected chi connectivity index (χ0v) is 17.9. The Morgan fingerprint density at radius 2 is 2.03 bits per heavy atom. The van der Waals surface area contributed by atoms with Crippen molar-refractivity contribution in [2.24, 2.45) is 0 Å². The van der Waals surface area contributed by atoms with E-state index in [1.54, 1.807) is 30.6 Å². The maximum absolute atomic E-state index is 13.1. The fourth-order valence-corrected chi connectivity index (χ4v) is 4.87. The summed E-state index contributed by atoms with van der Waals surface area (Å²) < 4.78 is 6.14. The number of nitrogens with one attached hydrogen (secondary N) is 2. The number of anilines is 1. The number of amides is 1. The van der Waals surface area contributed by atoms with Gasteiger partial charge in [-0.3, -0.25) is 14.6 Å². The van der Waals surface area contributed by atoms with Crippen molar-refractivity contribution in [1.82, 2.24) is 9.97 Å². The van der Waals surface area contributed by atoms with Crippen molar-refractivity contribution >= 4 is 11.6 Å². The monoisotopic (exact) mass is 447 g/mol. The topological polar surface area (TPSA) is 125 Å². The Labute approximate surface area is 190 Å². The Hall–Kier alpha value is -3.33. The molecule has 0 unspecified atom stereocenters. The lowest BCUT2D eigenvalue weighted by Gasteiger charge is -2.43. The maximum Gasteiger partial charge on any atom is 0.261 e. The highest BCUT2D eigenvalue weighted by Crippen LogP contribution is 2.46. The molecule has 1 amide bonds. The number of carbonyl (C=O) groups is 1. The number of fused-ring (bicyclic) bond motifs is 1. The Morgan fingerprint density at radius 1 is 1.21 bits per heavy atom. The van der Waals surface area contributed by atoms with Crippen LogP contribution in [0, 0.1) is 0 Å². The van der Waals surface area contributed by atoms with Gasteiger partial charge in [-0.1, -0.05) is 30.3 Å². The van der Waals surface area contributed by atoms with Crippen LogP contribution in [0.2, 0.25) is 0 Å². The van der Waals surface area contributed by atoms with E-state index in [4.69, 9.17) is 4.74 Å². The third kappa shape index (κ3) is 3.86. The first-order valence-electron chi connectivity index (χ1n) is 11.0. The van der Waals surface area contributed by atoms with Gasteiger partial charge in [0.2, 0.25) is 5.43 Å².